The Kier molecular flexibility index (Phi) is 12.1. The van der Waals surface area contributed by atoms with Crippen LogP contribution in [0.2, 0.25) is 0 Å². The van der Waals surface area contributed by atoms with Crippen LogP contribution in [0.3, 0.4) is 0 Å². The summed E-state index contributed by atoms with van der Waals surface area (Å²) in [5.74, 6) is 2.34. The van der Waals surface area contributed by atoms with Crippen LogP contribution in [0.4, 0.5) is 0 Å². The van der Waals surface area contributed by atoms with Crippen molar-refractivity contribution in [1.82, 2.24) is 10.2 Å². The van der Waals surface area contributed by atoms with E-state index in [1.807, 2.05) is 11.8 Å². The molecule has 1 saturated heterocycles. The Morgan fingerprint density at radius 2 is 1.92 bits per heavy atom. The minimum absolute atomic E-state index is 0. The Balaban J connectivity index is 0.00000312. The first-order valence-corrected chi connectivity index (χ1v) is 10.5. The zero-order valence-electron chi connectivity index (χ0n) is 15.5. The Labute approximate surface area is 174 Å². The fourth-order valence-corrected chi connectivity index (χ4v) is 3.40. The van der Waals surface area contributed by atoms with Gasteiger partial charge in [-0.1, -0.05) is 42.0 Å². The van der Waals surface area contributed by atoms with Crippen molar-refractivity contribution in [2.24, 2.45) is 4.99 Å². The molecule has 0 atom stereocenters. The van der Waals surface area contributed by atoms with E-state index in [0.717, 1.165) is 45.0 Å². The third-order valence-electron chi connectivity index (χ3n) is 4.23. The number of piperidine rings is 1. The van der Waals surface area contributed by atoms with Crippen LogP contribution < -0.4 is 5.32 Å². The number of aliphatic imine (C=N–C) groups is 1. The second-order valence-corrected chi connectivity index (χ2v) is 7.12. The van der Waals surface area contributed by atoms with Crippen LogP contribution in [0.1, 0.15) is 38.2 Å². The van der Waals surface area contributed by atoms with Crippen molar-refractivity contribution in [2.75, 3.05) is 38.2 Å². The zero-order chi connectivity index (χ0) is 17.0. The fraction of sp³-hybridized carbons (Fsp3) is 0.550. The van der Waals surface area contributed by atoms with Crippen molar-refractivity contribution in [3.05, 3.63) is 41.5 Å². The standard InChI is InChI=1S/C20H31N3S.HI/c1-3-21-20(22-13-7-8-16-24-2)23-14-11-19(12-15-23)17-18-9-5-4-6-10-18;/h4-6,9-10,17H,3,7-8,11-16H2,1-2H3,(H,21,22);1H. The molecule has 2 rings (SSSR count). The number of benzene rings is 1. The summed E-state index contributed by atoms with van der Waals surface area (Å²) in [6, 6.07) is 10.6. The summed E-state index contributed by atoms with van der Waals surface area (Å²) < 4.78 is 0. The van der Waals surface area contributed by atoms with E-state index in [9.17, 15) is 0 Å². The summed E-state index contributed by atoms with van der Waals surface area (Å²) in [7, 11) is 0. The van der Waals surface area contributed by atoms with Crippen molar-refractivity contribution in [3.8, 4) is 0 Å². The highest BCUT2D eigenvalue weighted by Crippen LogP contribution is 2.19. The average Bonchev–Trinajstić information content (AvgIpc) is 2.62. The van der Waals surface area contributed by atoms with Gasteiger partial charge in [-0.05, 0) is 50.2 Å². The number of rotatable bonds is 7. The zero-order valence-corrected chi connectivity index (χ0v) is 18.7. The number of likely N-dealkylation sites (tertiary alicyclic amines) is 1. The topological polar surface area (TPSA) is 27.6 Å². The first kappa shape index (κ1) is 22.4. The van der Waals surface area contributed by atoms with E-state index in [4.69, 9.17) is 4.99 Å². The van der Waals surface area contributed by atoms with Crippen molar-refractivity contribution in [3.63, 3.8) is 0 Å². The predicted molar refractivity (Wildman–Crippen MR) is 124 cm³/mol. The third kappa shape index (κ3) is 8.49. The smallest absolute Gasteiger partial charge is 0.193 e. The molecule has 1 aromatic carbocycles. The summed E-state index contributed by atoms with van der Waals surface area (Å²) in [5, 5.41) is 3.46. The number of guanidine groups is 1. The molecule has 0 saturated carbocycles. The van der Waals surface area contributed by atoms with E-state index in [2.05, 4.69) is 59.8 Å². The van der Waals surface area contributed by atoms with Crippen molar-refractivity contribution >= 4 is 47.8 Å². The van der Waals surface area contributed by atoms with Crippen molar-refractivity contribution < 1.29 is 0 Å². The van der Waals surface area contributed by atoms with E-state index >= 15 is 0 Å². The van der Waals surface area contributed by atoms with Crippen LogP contribution in [-0.4, -0.2) is 49.0 Å². The highest BCUT2D eigenvalue weighted by Gasteiger charge is 2.16. The molecule has 0 unspecified atom stereocenters. The van der Waals surface area contributed by atoms with Gasteiger partial charge in [-0.3, -0.25) is 4.99 Å². The van der Waals surface area contributed by atoms with Gasteiger partial charge in [0.1, 0.15) is 0 Å². The van der Waals surface area contributed by atoms with Gasteiger partial charge in [0.15, 0.2) is 5.96 Å². The lowest BCUT2D eigenvalue weighted by Crippen LogP contribution is -2.44. The summed E-state index contributed by atoms with van der Waals surface area (Å²) in [4.78, 5) is 7.24. The first-order chi connectivity index (χ1) is 11.8. The third-order valence-corrected chi connectivity index (χ3v) is 4.93. The molecular formula is C20H32IN3S. The Morgan fingerprint density at radius 1 is 1.20 bits per heavy atom. The van der Waals surface area contributed by atoms with Gasteiger partial charge in [-0.15, -0.1) is 24.0 Å². The summed E-state index contributed by atoms with van der Waals surface area (Å²) >= 11 is 1.92. The SMILES string of the molecule is CCNC(=NCCCCSC)N1CCC(=Cc2ccccc2)CC1.I. The molecule has 0 amide bonds. The molecule has 1 fully saturated rings. The number of nitrogens with zero attached hydrogens (tertiary/aromatic N) is 2. The average molecular weight is 473 g/mol. The molecule has 25 heavy (non-hydrogen) atoms. The van der Waals surface area contributed by atoms with Crippen LogP contribution in [0, 0.1) is 0 Å². The Bertz CT molecular complexity index is 521. The number of hydrogen-bond donors (Lipinski definition) is 1. The van der Waals surface area contributed by atoms with Crippen LogP contribution in [0.15, 0.2) is 40.9 Å². The highest BCUT2D eigenvalue weighted by molar-refractivity contribution is 14.0. The molecule has 1 heterocycles. The number of hydrogen-bond acceptors (Lipinski definition) is 2. The molecule has 1 N–H and O–H groups in total. The van der Waals surface area contributed by atoms with E-state index in [0.29, 0.717) is 0 Å². The van der Waals surface area contributed by atoms with E-state index < -0.39 is 0 Å². The molecule has 5 heteroatoms. The van der Waals surface area contributed by atoms with E-state index in [1.54, 1.807) is 5.57 Å². The molecule has 0 radical (unpaired) electrons. The van der Waals surface area contributed by atoms with Gasteiger partial charge in [0.25, 0.3) is 0 Å². The van der Waals surface area contributed by atoms with Gasteiger partial charge >= 0.3 is 0 Å². The maximum absolute atomic E-state index is 4.82. The van der Waals surface area contributed by atoms with Gasteiger partial charge < -0.3 is 10.2 Å². The molecule has 0 spiro atoms. The molecule has 0 aliphatic carbocycles. The molecule has 3 nitrogen and oxygen atoms in total. The van der Waals surface area contributed by atoms with Crippen molar-refractivity contribution in [2.45, 2.75) is 32.6 Å². The number of halogens is 1. The van der Waals surface area contributed by atoms with Crippen LogP contribution in [-0.2, 0) is 0 Å². The number of nitrogens with one attached hydrogen (secondary N) is 1. The molecule has 1 aliphatic rings. The Hall–Kier alpha value is -0.690. The first-order valence-electron chi connectivity index (χ1n) is 9.10. The van der Waals surface area contributed by atoms with E-state index in [-0.39, 0.29) is 24.0 Å². The van der Waals surface area contributed by atoms with Gasteiger partial charge in [0.2, 0.25) is 0 Å². The fourth-order valence-electron chi connectivity index (χ4n) is 2.90. The maximum atomic E-state index is 4.82. The molecule has 140 valence electrons. The quantitative estimate of drug-likeness (QED) is 0.265. The summed E-state index contributed by atoms with van der Waals surface area (Å²) in [6.45, 7) is 6.15. The van der Waals surface area contributed by atoms with Gasteiger partial charge in [0, 0.05) is 26.2 Å². The lowest BCUT2D eigenvalue weighted by atomic mass is 10.0. The molecule has 0 aromatic heterocycles. The van der Waals surface area contributed by atoms with Crippen LogP contribution in [0.25, 0.3) is 6.08 Å². The number of thioether (sulfide) groups is 1. The molecule has 1 aliphatic heterocycles. The van der Waals surface area contributed by atoms with E-state index in [1.165, 1.54) is 24.2 Å². The van der Waals surface area contributed by atoms with Gasteiger partial charge in [0.05, 0.1) is 0 Å². The lowest BCUT2D eigenvalue weighted by Gasteiger charge is -2.31. The summed E-state index contributed by atoms with van der Waals surface area (Å²) in [6.07, 6.45) is 9.22. The summed E-state index contributed by atoms with van der Waals surface area (Å²) in [5.41, 5.74) is 2.86. The van der Waals surface area contributed by atoms with Gasteiger partial charge in [-0.25, -0.2) is 0 Å². The van der Waals surface area contributed by atoms with Crippen molar-refractivity contribution in [1.29, 1.82) is 0 Å². The minimum atomic E-state index is 0. The van der Waals surface area contributed by atoms with Gasteiger partial charge in [-0.2, -0.15) is 11.8 Å². The second kappa shape index (κ2) is 13.5. The lowest BCUT2D eigenvalue weighted by molar-refractivity contribution is 0.375. The highest BCUT2D eigenvalue weighted by atomic mass is 127. The van der Waals surface area contributed by atoms with Crippen LogP contribution in [0.5, 0.6) is 0 Å². The largest absolute Gasteiger partial charge is 0.357 e. The number of unbranched alkanes of at least 4 members (excludes halogenated alkanes) is 1. The van der Waals surface area contributed by atoms with Crippen LogP contribution >= 0.6 is 35.7 Å². The second-order valence-electron chi connectivity index (χ2n) is 6.14. The Morgan fingerprint density at radius 3 is 2.56 bits per heavy atom. The predicted octanol–water partition coefficient (Wildman–Crippen LogP) is 4.89. The molecular weight excluding hydrogens is 441 g/mol. The normalized spacial score (nSPS) is 14.9. The molecule has 0 bridgehead atoms. The monoisotopic (exact) mass is 473 g/mol. The maximum Gasteiger partial charge on any atom is 0.193 e. The minimum Gasteiger partial charge on any atom is -0.357 e. The molecule has 1 aromatic rings.